The summed E-state index contributed by atoms with van der Waals surface area (Å²) in [5.74, 6) is -0.408. The molecule has 1 unspecified atom stereocenters. The average Bonchev–Trinajstić information content (AvgIpc) is 3.29. The summed E-state index contributed by atoms with van der Waals surface area (Å²) in [5, 5.41) is 10.4. The van der Waals surface area contributed by atoms with Crippen LogP contribution in [0.3, 0.4) is 0 Å². The van der Waals surface area contributed by atoms with E-state index in [0.29, 0.717) is 16.6 Å². The van der Waals surface area contributed by atoms with Crippen molar-refractivity contribution in [1.82, 2.24) is 5.01 Å². The third kappa shape index (κ3) is 5.65. The van der Waals surface area contributed by atoms with E-state index in [1.807, 2.05) is 66.7 Å². The van der Waals surface area contributed by atoms with E-state index in [4.69, 9.17) is 28.3 Å². The van der Waals surface area contributed by atoms with Crippen LogP contribution in [0.5, 0.6) is 0 Å². The molecular formula is C30H22Cl2F3N3O. The fourth-order valence-electron chi connectivity index (χ4n) is 4.80. The van der Waals surface area contributed by atoms with Crippen LogP contribution >= 0.6 is 23.2 Å². The van der Waals surface area contributed by atoms with E-state index in [1.165, 1.54) is 12.1 Å². The molecule has 4 aromatic rings. The van der Waals surface area contributed by atoms with Crippen molar-refractivity contribution in [1.29, 1.82) is 0 Å². The predicted molar refractivity (Wildman–Crippen MR) is 148 cm³/mol. The van der Waals surface area contributed by atoms with Crippen molar-refractivity contribution in [3.05, 3.63) is 135 Å². The molecule has 1 N–H and O–H groups in total. The maximum atomic E-state index is 13.0. The fourth-order valence-corrected chi connectivity index (χ4v) is 5.05. The Balaban J connectivity index is 1.50. The predicted octanol–water partition coefficient (Wildman–Crippen LogP) is 7.66. The lowest BCUT2D eigenvalue weighted by atomic mass is 9.69. The van der Waals surface area contributed by atoms with Crippen LogP contribution in [0.1, 0.15) is 22.3 Å². The first-order chi connectivity index (χ1) is 18.6. The Morgan fingerprint density at radius 1 is 0.821 bits per heavy atom. The third-order valence-corrected chi connectivity index (χ3v) is 7.11. The molecule has 1 atom stereocenters. The maximum absolute atomic E-state index is 13.0. The zero-order chi connectivity index (χ0) is 27.6. The van der Waals surface area contributed by atoms with Gasteiger partial charge in [-0.05, 0) is 65.2 Å². The Labute approximate surface area is 233 Å². The van der Waals surface area contributed by atoms with Gasteiger partial charge < -0.3 is 5.32 Å². The highest BCUT2D eigenvalue weighted by molar-refractivity contribution is 6.31. The lowest BCUT2D eigenvalue weighted by molar-refractivity contribution is -0.137. The van der Waals surface area contributed by atoms with Gasteiger partial charge >= 0.3 is 6.18 Å². The van der Waals surface area contributed by atoms with Crippen LogP contribution in [0.4, 0.5) is 18.9 Å². The second-order valence-electron chi connectivity index (χ2n) is 9.18. The monoisotopic (exact) mass is 567 g/mol. The first-order valence-electron chi connectivity index (χ1n) is 12.0. The standard InChI is InChI=1S/C30H22Cl2F3N3O/c31-24-12-6-20(7-13-24)28-29(21-4-2-1-3-5-21,22-8-14-25(32)15-9-22)19-38(37-28)18-27(39)36-26-16-10-23(11-17-26)30(33,34)35/h1-17H,18-19H2,(H,36,39). The molecule has 0 aliphatic carbocycles. The number of hydrogen-bond donors (Lipinski definition) is 1. The summed E-state index contributed by atoms with van der Waals surface area (Å²) in [5.41, 5.74) is 2.23. The Hall–Kier alpha value is -3.81. The van der Waals surface area contributed by atoms with Crippen LogP contribution in [-0.2, 0) is 16.4 Å². The maximum Gasteiger partial charge on any atom is 0.416 e. The van der Waals surface area contributed by atoms with Gasteiger partial charge in [-0.2, -0.15) is 18.3 Å². The molecular weight excluding hydrogens is 546 g/mol. The lowest BCUT2D eigenvalue weighted by Crippen LogP contribution is -2.41. The van der Waals surface area contributed by atoms with Crippen molar-refractivity contribution in [3.63, 3.8) is 0 Å². The van der Waals surface area contributed by atoms with Gasteiger partial charge in [0.25, 0.3) is 0 Å². The zero-order valence-corrected chi connectivity index (χ0v) is 21.9. The Morgan fingerprint density at radius 3 is 1.97 bits per heavy atom. The Bertz CT molecular complexity index is 1490. The van der Waals surface area contributed by atoms with E-state index < -0.39 is 23.1 Å². The van der Waals surface area contributed by atoms with Crippen LogP contribution in [0, 0.1) is 0 Å². The van der Waals surface area contributed by atoms with E-state index in [2.05, 4.69) is 5.32 Å². The summed E-state index contributed by atoms with van der Waals surface area (Å²) in [6.07, 6.45) is -4.45. The summed E-state index contributed by atoms with van der Waals surface area (Å²) in [6, 6.07) is 29.1. The molecule has 1 amide bonds. The molecule has 4 aromatic carbocycles. The molecule has 0 radical (unpaired) electrons. The van der Waals surface area contributed by atoms with E-state index in [-0.39, 0.29) is 12.2 Å². The number of halogens is 5. The number of carbonyl (C=O) groups excluding carboxylic acids is 1. The number of hydrazone groups is 1. The minimum absolute atomic E-state index is 0.111. The number of rotatable bonds is 6. The van der Waals surface area contributed by atoms with Gasteiger partial charge in [-0.1, -0.05) is 77.8 Å². The van der Waals surface area contributed by atoms with E-state index in [9.17, 15) is 18.0 Å². The smallest absolute Gasteiger partial charge is 0.324 e. The minimum Gasteiger partial charge on any atom is -0.324 e. The van der Waals surface area contributed by atoms with Gasteiger partial charge in [0.15, 0.2) is 0 Å². The molecule has 1 aliphatic rings. The Kier molecular flexibility index (Phi) is 7.38. The number of anilines is 1. The van der Waals surface area contributed by atoms with Crippen molar-refractivity contribution in [3.8, 4) is 0 Å². The number of hydrogen-bond acceptors (Lipinski definition) is 3. The zero-order valence-electron chi connectivity index (χ0n) is 20.4. The molecule has 39 heavy (non-hydrogen) atoms. The van der Waals surface area contributed by atoms with E-state index in [1.54, 1.807) is 17.1 Å². The van der Waals surface area contributed by atoms with Crippen molar-refractivity contribution < 1.29 is 18.0 Å². The number of nitrogens with zero attached hydrogens (tertiary/aromatic N) is 2. The Morgan fingerprint density at radius 2 is 1.38 bits per heavy atom. The molecule has 5 rings (SSSR count). The molecule has 0 bridgehead atoms. The van der Waals surface area contributed by atoms with Crippen molar-refractivity contribution in [2.24, 2.45) is 5.10 Å². The number of nitrogens with one attached hydrogen (secondary N) is 1. The minimum atomic E-state index is -4.45. The molecule has 4 nitrogen and oxygen atoms in total. The van der Waals surface area contributed by atoms with Gasteiger partial charge in [-0.3, -0.25) is 9.80 Å². The van der Waals surface area contributed by atoms with Crippen molar-refractivity contribution in [2.75, 3.05) is 18.4 Å². The van der Waals surface area contributed by atoms with Crippen LogP contribution in [0.15, 0.2) is 108 Å². The summed E-state index contributed by atoms with van der Waals surface area (Å²) < 4.78 is 38.7. The SMILES string of the molecule is O=C(CN1CC(c2ccccc2)(c2ccc(Cl)cc2)C(c2ccc(Cl)cc2)=N1)Nc1ccc(C(F)(F)F)cc1. The molecule has 0 saturated carbocycles. The largest absolute Gasteiger partial charge is 0.416 e. The summed E-state index contributed by atoms with van der Waals surface area (Å²) in [6.45, 7) is 0.233. The topological polar surface area (TPSA) is 44.7 Å². The fraction of sp³-hybridized carbons (Fsp3) is 0.133. The molecule has 1 heterocycles. The number of alkyl halides is 3. The van der Waals surface area contributed by atoms with Gasteiger partial charge in [0.1, 0.15) is 6.54 Å². The molecule has 0 spiro atoms. The highest BCUT2D eigenvalue weighted by Gasteiger charge is 2.46. The summed E-state index contributed by atoms with van der Waals surface area (Å²) in [7, 11) is 0. The van der Waals surface area contributed by atoms with Crippen LogP contribution in [0.25, 0.3) is 0 Å². The number of benzene rings is 4. The van der Waals surface area contributed by atoms with Crippen LogP contribution < -0.4 is 5.32 Å². The van der Waals surface area contributed by atoms with E-state index >= 15 is 0 Å². The molecule has 0 fully saturated rings. The van der Waals surface area contributed by atoms with Crippen molar-refractivity contribution in [2.45, 2.75) is 11.6 Å². The average molecular weight is 568 g/mol. The van der Waals surface area contributed by atoms with Crippen molar-refractivity contribution >= 4 is 40.5 Å². The van der Waals surface area contributed by atoms with Gasteiger partial charge in [0.05, 0.1) is 23.2 Å². The summed E-state index contributed by atoms with van der Waals surface area (Å²) in [4.78, 5) is 13.0. The van der Waals surface area contributed by atoms with Gasteiger partial charge in [-0.25, -0.2) is 0 Å². The van der Waals surface area contributed by atoms with E-state index in [0.717, 1.165) is 34.5 Å². The molecule has 0 aromatic heterocycles. The normalized spacial score (nSPS) is 17.2. The third-order valence-electron chi connectivity index (χ3n) is 6.61. The van der Waals surface area contributed by atoms with Crippen LogP contribution in [-0.4, -0.2) is 29.7 Å². The number of amides is 1. The van der Waals surface area contributed by atoms with Gasteiger partial charge in [-0.15, -0.1) is 0 Å². The highest BCUT2D eigenvalue weighted by atomic mass is 35.5. The molecule has 9 heteroatoms. The van der Waals surface area contributed by atoms with Gasteiger partial charge in [0.2, 0.25) is 5.91 Å². The second-order valence-corrected chi connectivity index (χ2v) is 10.1. The first kappa shape index (κ1) is 26.8. The quantitative estimate of drug-likeness (QED) is 0.260. The van der Waals surface area contributed by atoms with Crippen LogP contribution in [0.2, 0.25) is 10.0 Å². The number of carbonyl (C=O) groups is 1. The molecule has 1 aliphatic heterocycles. The lowest BCUT2D eigenvalue weighted by Gasteiger charge is -2.32. The highest BCUT2D eigenvalue weighted by Crippen LogP contribution is 2.41. The second kappa shape index (κ2) is 10.8. The van der Waals surface area contributed by atoms with Gasteiger partial charge in [0, 0.05) is 15.7 Å². The molecule has 198 valence electrons. The molecule has 0 saturated heterocycles. The first-order valence-corrected chi connectivity index (χ1v) is 12.8. The summed E-state index contributed by atoms with van der Waals surface area (Å²) >= 11 is 12.4.